The van der Waals surface area contributed by atoms with Gasteiger partial charge in [-0.1, -0.05) is 105 Å². The zero-order chi connectivity index (χ0) is 22.8. The maximum absolute atomic E-state index is 14.1. The molecule has 30 heavy (non-hydrogen) atoms. The van der Waals surface area contributed by atoms with Crippen molar-refractivity contribution in [2.24, 2.45) is 23.2 Å². The Labute approximate surface area is 186 Å². The molecule has 1 atom stereocenters. The third-order valence-corrected chi connectivity index (χ3v) is 7.06. The zero-order valence-electron chi connectivity index (χ0n) is 21.1. The summed E-state index contributed by atoms with van der Waals surface area (Å²) in [5.41, 5.74) is 6.27. The van der Waals surface area contributed by atoms with Gasteiger partial charge in [0.15, 0.2) is 0 Å². The Kier molecular flexibility index (Phi) is 7.94. The van der Waals surface area contributed by atoms with Crippen LogP contribution in [0.1, 0.15) is 104 Å². The average molecular weight is 409 g/mol. The fourth-order valence-corrected chi connectivity index (χ4v) is 4.80. The molecule has 0 spiro atoms. The van der Waals surface area contributed by atoms with Crippen LogP contribution in [0.25, 0.3) is 0 Å². The van der Waals surface area contributed by atoms with Crippen molar-refractivity contribution in [3.8, 4) is 0 Å². The second-order valence-corrected chi connectivity index (χ2v) is 10.9. The summed E-state index contributed by atoms with van der Waals surface area (Å²) in [5, 5.41) is 0. The lowest BCUT2D eigenvalue weighted by molar-refractivity contribution is -0.127. The van der Waals surface area contributed by atoms with E-state index in [0.29, 0.717) is 35.9 Å². The predicted octanol–water partition coefficient (Wildman–Crippen LogP) is 8.26. The van der Waals surface area contributed by atoms with Gasteiger partial charge in [0.1, 0.15) is 5.78 Å². The fraction of sp³-hybridized carbons (Fsp3) is 0.621. The molecule has 1 nitrogen and oxygen atoms in total. The number of Topliss-reactive ketones (excluding diaryl/α,β-unsaturated/α-hetero) is 1. The molecule has 0 radical (unpaired) electrons. The number of allylic oxidation sites excluding steroid dienone is 4. The second kappa shape index (κ2) is 9.67. The van der Waals surface area contributed by atoms with Gasteiger partial charge in [-0.25, -0.2) is 0 Å². The molecule has 0 bridgehead atoms. The molecule has 0 aliphatic heterocycles. The highest BCUT2D eigenvalue weighted by Crippen LogP contribution is 2.46. The van der Waals surface area contributed by atoms with Gasteiger partial charge in [0.25, 0.3) is 0 Å². The first-order chi connectivity index (χ1) is 13.9. The van der Waals surface area contributed by atoms with E-state index < -0.39 is 5.41 Å². The lowest BCUT2D eigenvalue weighted by Gasteiger charge is -2.40. The quantitative estimate of drug-likeness (QED) is 0.423. The minimum atomic E-state index is -0.410. The van der Waals surface area contributed by atoms with Crippen LogP contribution in [-0.2, 0) is 11.2 Å². The van der Waals surface area contributed by atoms with Gasteiger partial charge in [-0.2, -0.15) is 0 Å². The number of benzene rings is 1. The predicted molar refractivity (Wildman–Crippen MR) is 131 cm³/mol. The molecule has 0 heterocycles. The first-order valence-corrected chi connectivity index (χ1v) is 12.0. The Hall–Kier alpha value is -1.63. The van der Waals surface area contributed by atoms with E-state index in [-0.39, 0.29) is 5.92 Å². The Morgan fingerprint density at radius 2 is 1.37 bits per heavy atom. The van der Waals surface area contributed by atoms with Crippen LogP contribution in [0.5, 0.6) is 0 Å². The fourth-order valence-electron chi connectivity index (χ4n) is 4.80. The van der Waals surface area contributed by atoms with Crippen molar-refractivity contribution >= 4 is 5.78 Å². The molecule has 166 valence electrons. The average Bonchev–Trinajstić information content (AvgIpc) is 2.66. The minimum absolute atomic E-state index is 0.273. The molecule has 0 fully saturated rings. The van der Waals surface area contributed by atoms with Gasteiger partial charge >= 0.3 is 0 Å². The number of ketones is 1. The molecule has 1 unspecified atom stereocenters. The summed E-state index contributed by atoms with van der Waals surface area (Å²) >= 11 is 0. The molecule has 1 aromatic rings. The van der Waals surface area contributed by atoms with Crippen LogP contribution in [0.2, 0.25) is 0 Å². The summed E-state index contributed by atoms with van der Waals surface area (Å²) in [6.45, 7) is 22.4. The van der Waals surface area contributed by atoms with Crippen LogP contribution in [0.4, 0.5) is 0 Å². The SMILES string of the molecule is CC(C)C1=CC(C(=O)Cc2c(C(C)C)cccc2C(C)C)(C(C)C)CC(C(C)C)=C1. The van der Waals surface area contributed by atoms with Crippen molar-refractivity contribution in [1.29, 1.82) is 0 Å². The molecule has 1 heteroatoms. The van der Waals surface area contributed by atoms with Crippen molar-refractivity contribution in [2.75, 3.05) is 0 Å². The van der Waals surface area contributed by atoms with Crippen molar-refractivity contribution in [2.45, 2.75) is 93.9 Å². The van der Waals surface area contributed by atoms with Crippen LogP contribution >= 0.6 is 0 Å². The summed E-state index contributed by atoms with van der Waals surface area (Å²) < 4.78 is 0. The van der Waals surface area contributed by atoms with Gasteiger partial charge in [0, 0.05) is 6.42 Å². The number of rotatable bonds is 8. The summed E-state index contributed by atoms with van der Waals surface area (Å²) in [6.07, 6.45) is 6.10. The Morgan fingerprint density at radius 3 is 1.77 bits per heavy atom. The molecule has 0 N–H and O–H groups in total. The van der Waals surface area contributed by atoms with E-state index in [0.717, 1.165) is 6.42 Å². The van der Waals surface area contributed by atoms with E-state index >= 15 is 0 Å². The lowest BCUT2D eigenvalue weighted by Crippen LogP contribution is -2.39. The van der Waals surface area contributed by atoms with Crippen molar-refractivity contribution in [3.63, 3.8) is 0 Å². The Bertz CT molecular complexity index is 791. The molecule has 1 aliphatic rings. The molecular weight excluding hydrogens is 364 g/mol. The standard InChI is InChI=1S/C29H44O/c1-18(2)23-14-24(19(3)4)17-29(16-23,22(9)10)28(30)15-27-25(20(5)6)12-11-13-26(27)21(7)8/h11-14,16,18-22H,15,17H2,1-10H3. The summed E-state index contributed by atoms with van der Waals surface area (Å²) in [5.74, 6) is 2.39. The van der Waals surface area contributed by atoms with Crippen molar-refractivity contribution < 1.29 is 4.79 Å². The third kappa shape index (κ3) is 4.98. The zero-order valence-corrected chi connectivity index (χ0v) is 21.1. The summed E-state index contributed by atoms with van der Waals surface area (Å²) in [6, 6.07) is 6.60. The maximum Gasteiger partial charge on any atom is 0.147 e. The molecule has 1 aliphatic carbocycles. The van der Waals surface area contributed by atoms with Gasteiger partial charge in [0.05, 0.1) is 5.41 Å². The van der Waals surface area contributed by atoms with Crippen molar-refractivity contribution in [3.05, 3.63) is 58.2 Å². The second-order valence-electron chi connectivity index (χ2n) is 10.9. The maximum atomic E-state index is 14.1. The third-order valence-electron chi connectivity index (χ3n) is 7.06. The van der Waals surface area contributed by atoms with E-state index in [2.05, 4.69) is 99.6 Å². The highest BCUT2D eigenvalue weighted by Gasteiger charge is 2.42. The van der Waals surface area contributed by atoms with E-state index in [1.54, 1.807) is 0 Å². The normalized spacial score (nSPS) is 19.8. The first-order valence-electron chi connectivity index (χ1n) is 12.0. The molecule has 2 rings (SSSR count). The topological polar surface area (TPSA) is 17.1 Å². The van der Waals surface area contributed by atoms with E-state index in [4.69, 9.17) is 0 Å². The van der Waals surface area contributed by atoms with E-state index in [1.807, 2.05) is 0 Å². The molecular formula is C29H44O. The first kappa shape index (κ1) is 24.6. The number of carbonyl (C=O) groups excluding carboxylic acids is 1. The van der Waals surface area contributed by atoms with Gasteiger partial charge in [0.2, 0.25) is 0 Å². The number of carbonyl (C=O) groups is 1. The summed E-state index contributed by atoms with van der Waals surface area (Å²) in [7, 11) is 0. The molecule has 0 amide bonds. The smallest absolute Gasteiger partial charge is 0.147 e. The highest BCUT2D eigenvalue weighted by atomic mass is 16.1. The Morgan fingerprint density at radius 1 is 0.833 bits per heavy atom. The molecule has 0 saturated heterocycles. The van der Waals surface area contributed by atoms with Crippen LogP contribution in [0.3, 0.4) is 0 Å². The number of hydrogen-bond donors (Lipinski definition) is 0. The van der Waals surface area contributed by atoms with Crippen LogP contribution in [-0.4, -0.2) is 5.78 Å². The highest BCUT2D eigenvalue weighted by molar-refractivity contribution is 5.90. The lowest BCUT2D eigenvalue weighted by atomic mass is 9.63. The van der Waals surface area contributed by atoms with Crippen molar-refractivity contribution in [1.82, 2.24) is 0 Å². The van der Waals surface area contributed by atoms with E-state index in [1.165, 1.54) is 27.8 Å². The summed E-state index contributed by atoms with van der Waals surface area (Å²) in [4.78, 5) is 14.1. The minimum Gasteiger partial charge on any atom is -0.298 e. The van der Waals surface area contributed by atoms with Crippen LogP contribution < -0.4 is 0 Å². The van der Waals surface area contributed by atoms with Gasteiger partial charge in [-0.15, -0.1) is 0 Å². The largest absolute Gasteiger partial charge is 0.298 e. The molecule has 0 aromatic heterocycles. The Balaban J connectivity index is 2.59. The van der Waals surface area contributed by atoms with Crippen LogP contribution in [0, 0.1) is 23.2 Å². The molecule has 1 aromatic carbocycles. The van der Waals surface area contributed by atoms with Gasteiger partial charge < -0.3 is 0 Å². The monoisotopic (exact) mass is 408 g/mol. The van der Waals surface area contributed by atoms with Crippen LogP contribution in [0.15, 0.2) is 41.5 Å². The molecule has 0 saturated carbocycles. The van der Waals surface area contributed by atoms with E-state index in [9.17, 15) is 4.79 Å². The van der Waals surface area contributed by atoms with Gasteiger partial charge in [-0.3, -0.25) is 4.79 Å². The van der Waals surface area contributed by atoms with Gasteiger partial charge in [-0.05, 0) is 58.3 Å². The number of hydrogen-bond acceptors (Lipinski definition) is 1.